The first-order valence-electron chi connectivity index (χ1n) is 5.99. The van der Waals surface area contributed by atoms with E-state index in [2.05, 4.69) is 0 Å². The summed E-state index contributed by atoms with van der Waals surface area (Å²) >= 11 is 0. The first-order valence-corrected chi connectivity index (χ1v) is 5.99. The predicted octanol–water partition coefficient (Wildman–Crippen LogP) is 3.53. The second kappa shape index (κ2) is 5.47. The Morgan fingerprint density at radius 1 is 1.14 bits per heavy atom. The highest BCUT2D eigenvalue weighted by molar-refractivity contribution is 6.12. The number of halogens is 3. The fraction of sp³-hybridized carbons (Fsp3) is 0.133. The van der Waals surface area contributed by atoms with Crippen LogP contribution in [0.2, 0.25) is 0 Å². The third-order valence-corrected chi connectivity index (χ3v) is 2.99. The van der Waals surface area contributed by atoms with E-state index in [4.69, 9.17) is 10.5 Å². The van der Waals surface area contributed by atoms with Crippen molar-refractivity contribution in [2.45, 2.75) is 6.18 Å². The van der Waals surface area contributed by atoms with Crippen molar-refractivity contribution in [2.24, 2.45) is 0 Å². The van der Waals surface area contributed by atoms with Crippen LogP contribution >= 0.6 is 0 Å². The van der Waals surface area contributed by atoms with Gasteiger partial charge in [0.15, 0.2) is 5.78 Å². The fourth-order valence-electron chi connectivity index (χ4n) is 1.93. The molecule has 0 aliphatic rings. The van der Waals surface area contributed by atoms with E-state index in [-0.39, 0.29) is 11.1 Å². The molecule has 0 bridgehead atoms. The minimum atomic E-state index is -4.60. The van der Waals surface area contributed by atoms with Crippen molar-refractivity contribution in [1.82, 2.24) is 0 Å². The minimum absolute atomic E-state index is 0.182. The van der Waals surface area contributed by atoms with Crippen molar-refractivity contribution < 1.29 is 22.7 Å². The molecule has 0 atom stereocenters. The highest BCUT2D eigenvalue weighted by atomic mass is 19.4. The van der Waals surface area contributed by atoms with E-state index in [1.54, 1.807) is 12.1 Å². The van der Waals surface area contributed by atoms with E-state index in [1.807, 2.05) is 0 Å². The van der Waals surface area contributed by atoms with Crippen LogP contribution in [-0.2, 0) is 6.18 Å². The highest BCUT2D eigenvalue weighted by Gasteiger charge is 2.34. The molecule has 3 nitrogen and oxygen atoms in total. The number of hydrogen-bond donors (Lipinski definition) is 1. The Hall–Kier alpha value is -2.50. The summed E-state index contributed by atoms with van der Waals surface area (Å²) in [6.07, 6.45) is -4.60. The number of nitrogens with two attached hydrogens (primary N) is 1. The molecular formula is C15H12F3NO2. The molecule has 6 heteroatoms. The van der Waals surface area contributed by atoms with Gasteiger partial charge in [0.25, 0.3) is 0 Å². The van der Waals surface area contributed by atoms with Gasteiger partial charge in [-0.15, -0.1) is 0 Å². The van der Waals surface area contributed by atoms with Crippen molar-refractivity contribution in [3.63, 3.8) is 0 Å². The van der Waals surface area contributed by atoms with Gasteiger partial charge in [-0.2, -0.15) is 13.2 Å². The molecule has 0 amide bonds. The molecule has 0 unspecified atom stereocenters. The molecule has 0 heterocycles. The average molecular weight is 295 g/mol. The van der Waals surface area contributed by atoms with Gasteiger partial charge in [-0.05, 0) is 24.3 Å². The number of carbonyl (C=O) groups is 1. The summed E-state index contributed by atoms with van der Waals surface area (Å²) < 4.78 is 43.4. The fourth-order valence-corrected chi connectivity index (χ4v) is 1.93. The number of rotatable bonds is 3. The number of anilines is 1. The normalized spacial score (nSPS) is 11.2. The van der Waals surface area contributed by atoms with Crippen molar-refractivity contribution in [2.75, 3.05) is 12.8 Å². The van der Waals surface area contributed by atoms with E-state index in [9.17, 15) is 18.0 Å². The van der Waals surface area contributed by atoms with Crippen LogP contribution in [-0.4, -0.2) is 12.9 Å². The quantitative estimate of drug-likeness (QED) is 0.696. The Morgan fingerprint density at radius 3 is 2.43 bits per heavy atom. The van der Waals surface area contributed by atoms with Gasteiger partial charge >= 0.3 is 6.18 Å². The summed E-state index contributed by atoms with van der Waals surface area (Å²) in [7, 11) is 1.43. The van der Waals surface area contributed by atoms with Gasteiger partial charge in [-0.3, -0.25) is 4.79 Å². The molecule has 0 radical (unpaired) electrons. The Labute approximate surface area is 119 Å². The second-order valence-corrected chi connectivity index (χ2v) is 4.33. The van der Waals surface area contributed by atoms with E-state index < -0.39 is 23.2 Å². The van der Waals surface area contributed by atoms with Gasteiger partial charge in [0.1, 0.15) is 5.75 Å². The third kappa shape index (κ3) is 2.99. The molecule has 0 aliphatic carbocycles. The number of ether oxygens (including phenoxy) is 1. The van der Waals surface area contributed by atoms with E-state index in [0.717, 1.165) is 12.1 Å². The van der Waals surface area contributed by atoms with Gasteiger partial charge < -0.3 is 10.5 Å². The SMILES string of the molecule is COc1cccc(C(=O)c2cccc(C(F)(F)F)c2N)c1. The Kier molecular flexibility index (Phi) is 3.88. The summed E-state index contributed by atoms with van der Waals surface area (Å²) in [5.41, 5.74) is 3.94. The summed E-state index contributed by atoms with van der Waals surface area (Å²) in [6.45, 7) is 0. The zero-order valence-electron chi connectivity index (χ0n) is 11.1. The number of carbonyl (C=O) groups excluding carboxylic acids is 1. The van der Waals surface area contributed by atoms with Crippen LogP contribution in [0.15, 0.2) is 42.5 Å². The number of para-hydroxylation sites is 1. The second-order valence-electron chi connectivity index (χ2n) is 4.33. The zero-order valence-corrected chi connectivity index (χ0v) is 11.1. The molecule has 21 heavy (non-hydrogen) atoms. The Balaban J connectivity index is 2.49. The summed E-state index contributed by atoms with van der Waals surface area (Å²) in [4.78, 5) is 12.3. The highest BCUT2D eigenvalue weighted by Crippen LogP contribution is 2.35. The molecule has 0 aliphatic heterocycles. The predicted molar refractivity (Wildman–Crippen MR) is 72.3 cm³/mol. The third-order valence-electron chi connectivity index (χ3n) is 2.99. The average Bonchev–Trinajstić information content (AvgIpc) is 2.45. The summed E-state index contributed by atoms with van der Waals surface area (Å²) in [6, 6.07) is 9.42. The minimum Gasteiger partial charge on any atom is -0.497 e. The van der Waals surface area contributed by atoms with Gasteiger partial charge in [-0.25, -0.2) is 0 Å². The van der Waals surface area contributed by atoms with Crippen LogP contribution < -0.4 is 10.5 Å². The number of benzene rings is 2. The lowest BCUT2D eigenvalue weighted by atomic mass is 9.98. The molecule has 2 aromatic carbocycles. The van der Waals surface area contributed by atoms with E-state index >= 15 is 0 Å². The molecular weight excluding hydrogens is 283 g/mol. The Bertz CT molecular complexity index is 681. The maximum absolute atomic E-state index is 12.8. The topological polar surface area (TPSA) is 52.3 Å². The van der Waals surface area contributed by atoms with Gasteiger partial charge in [0.2, 0.25) is 0 Å². The van der Waals surface area contributed by atoms with Crippen molar-refractivity contribution in [3.05, 3.63) is 59.2 Å². The zero-order chi connectivity index (χ0) is 15.6. The lowest BCUT2D eigenvalue weighted by Gasteiger charge is -2.13. The van der Waals surface area contributed by atoms with Gasteiger partial charge in [-0.1, -0.05) is 18.2 Å². The molecule has 2 N–H and O–H groups in total. The summed E-state index contributed by atoms with van der Waals surface area (Å²) in [5, 5.41) is 0. The number of methoxy groups -OCH3 is 1. The molecule has 0 saturated carbocycles. The lowest BCUT2D eigenvalue weighted by Crippen LogP contribution is -2.13. The summed E-state index contributed by atoms with van der Waals surface area (Å²) in [5.74, 6) is -0.149. The molecule has 0 spiro atoms. The molecule has 0 fully saturated rings. The molecule has 2 rings (SSSR count). The van der Waals surface area contributed by atoms with Crippen LogP contribution in [0, 0.1) is 0 Å². The van der Waals surface area contributed by atoms with E-state index in [1.165, 1.54) is 25.3 Å². The Morgan fingerprint density at radius 2 is 1.81 bits per heavy atom. The molecule has 2 aromatic rings. The van der Waals surface area contributed by atoms with Gasteiger partial charge in [0.05, 0.1) is 18.4 Å². The van der Waals surface area contributed by atoms with Crippen LogP contribution in [0.5, 0.6) is 5.75 Å². The van der Waals surface area contributed by atoms with Crippen LogP contribution in [0.1, 0.15) is 21.5 Å². The van der Waals surface area contributed by atoms with Crippen LogP contribution in [0.4, 0.5) is 18.9 Å². The number of alkyl halides is 3. The van der Waals surface area contributed by atoms with Crippen molar-refractivity contribution in [1.29, 1.82) is 0 Å². The lowest BCUT2D eigenvalue weighted by molar-refractivity contribution is -0.136. The first-order chi connectivity index (χ1) is 9.84. The number of ketones is 1. The smallest absolute Gasteiger partial charge is 0.418 e. The molecule has 110 valence electrons. The first kappa shape index (κ1) is 14.9. The molecule has 0 aromatic heterocycles. The van der Waals surface area contributed by atoms with Crippen LogP contribution in [0.25, 0.3) is 0 Å². The molecule has 0 saturated heterocycles. The number of nitrogen functional groups attached to an aromatic ring is 1. The van der Waals surface area contributed by atoms with Gasteiger partial charge in [0, 0.05) is 11.1 Å². The number of hydrogen-bond acceptors (Lipinski definition) is 3. The van der Waals surface area contributed by atoms with Crippen LogP contribution in [0.3, 0.4) is 0 Å². The van der Waals surface area contributed by atoms with Crippen molar-refractivity contribution >= 4 is 11.5 Å². The van der Waals surface area contributed by atoms with Crippen molar-refractivity contribution in [3.8, 4) is 5.75 Å². The maximum Gasteiger partial charge on any atom is 0.418 e. The monoisotopic (exact) mass is 295 g/mol. The standard InChI is InChI=1S/C15H12F3NO2/c1-21-10-5-2-4-9(8-10)14(20)11-6-3-7-12(13(11)19)15(16,17)18/h2-8H,19H2,1H3. The maximum atomic E-state index is 12.8. The largest absolute Gasteiger partial charge is 0.497 e. The van der Waals surface area contributed by atoms with E-state index in [0.29, 0.717) is 5.75 Å².